The first-order chi connectivity index (χ1) is 11.8. The second-order valence-electron chi connectivity index (χ2n) is 6.04. The van der Waals surface area contributed by atoms with Gasteiger partial charge in [-0.2, -0.15) is 10.4 Å². The van der Waals surface area contributed by atoms with Gasteiger partial charge in [0.2, 0.25) is 5.95 Å². The molecule has 0 spiro atoms. The molecule has 0 saturated carbocycles. The molecule has 3 heterocycles. The lowest BCUT2D eigenvalue weighted by Gasteiger charge is -2.11. The van der Waals surface area contributed by atoms with Crippen molar-refractivity contribution in [1.82, 2.24) is 25.1 Å². The normalized spacial score (nSPS) is 17.1. The Kier molecular flexibility index (Phi) is 3.71. The van der Waals surface area contributed by atoms with Crippen molar-refractivity contribution in [3.63, 3.8) is 0 Å². The summed E-state index contributed by atoms with van der Waals surface area (Å²) in [5.74, 6) is 1.09. The highest BCUT2D eigenvalue weighted by atomic mass is 15.2. The fraction of sp³-hybridized carbons (Fsp3) is 0.294. The van der Waals surface area contributed by atoms with Gasteiger partial charge in [0.05, 0.1) is 11.7 Å². The van der Waals surface area contributed by atoms with E-state index in [1.807, 2.05) is 30.6 Å². The van der Waals surface area contributed by atoms with E-state index >= 15 is 0 Å². The van der Waals surface area contributed by atoms with E-state index in [1.165, 1.54) is 0 Å². The summed E-state index contributed by atoms with van der Waals surface area (Å²) in [5, 5.41) is 20.0. The summed E-state index contributed by atoms with van der Waals surface area (Å²) >= 11 is 0. The van der Waals surface area contributed by atoms with Crippen LogP contribution in [0.2, 0.25) is 0 Å². The van der Waals surface area contributed by atoms with Crippen LogP contribution in [0.4, 0.5) is 5.95 Å². The number of benzene rings is 1. The Morgan fingerprint density at radius 1 is 1.33 bits per heavy atom. The first kappa shape index (κ1) is 14.5. The number of hydrogen-bond acceptors (Lipinski definition) is 6. The molecule has 1 saturated heterocycles. The second kappa shape index (κ2) is 6.16. The van der Waals surface area contributed by atoms with Crippen molar-refractivity contribution in [3.8, 4) is 17.3 Å². The lowest BCUT2D eigenvalue weighted by molar-refractivity contribution is 0.460. The van der Waals surface area contributed by atoms with Crippen LogP contribution >= 0.6 is 0 Å². The maximum absolute atomic E-state index is 8.92. The van der Waals surface area contributed by atoms with Gasteiger partial charge in [0.1, 0.15) is 0 Å². The van der Waals surface area contributed by atoms with Gasteiger partial charge in [-0.3, -0.25) is 5.10 Å². The molecule has 1 aromatic carbocycles. The zero-order chi connectivity index (χ0) is 16.4. The minimum atomic E-state index is 0.459. The molecule has 1 unspecified atom stereocenters. The molecule has 0 amide bonds. The van der Waals surface area contributed by atoms with Crippen LogP contribution in [0.1, 0.15) is 6.42 Å². The van der Waals surface area contributed by atoms with Crippen LogP contribution < -0.4 is 5.32 Å². The standard InChI is InChI=1S/C17H17N7/c18-11-24-4-3-12(10-24)6-19-17-20-7-14-2-1-13(5-16(14)23-17)15-8-21-22-9-15/h1-2,5,7-9,12H,3-4,6,10H2,(H,21,22)(H,19,20,23). The molecule has 2 N–H and O–H groups in total. The van der Waals surface area contributed by atoms with Crippen LogP contribution in [0.3, 0.4) is 0 Å². The highest BCUT2D eigenvalue weighted by molar-refractivity contribution is 5.84. The van der Waals surface area contributed by atoms with Crippen molar-refractivity contribution >= 4 is 16.9 Å². The van der Waals surface area contributed by atoms with Gasteiger partial charge < -0.3 is 10.2 Å². The third-order valence-electron chi connectivity index (χ3n) is 4.39. The van der Waals surface area contributed by atoms with E-state index in [0.717, 1.165) is 48.1 Å². The summed E-state index contributed by atoms with van der Waals surface area (Å²) in [6.07, 6.45) is 8.72. The van der Waals surface area contributed by atoms with E-state index < -0.39 is 0 Å². The molecule has 7 heteroatoms. The molecule has 0 bridgehead atoms. The summed E-state index contributed by atoms with van der Waals surface area (Å²) in [6.45, 7) is 2.43. The smallest absolute Gasteiger partial charge is 0.223 e. The fourth-order valence-corrected chi connectivity index (χ4v) is 3.02. The van der Waals surface area contributed by atoms with Crippen LogP contribution in [-0.2, 0) is 0 Å². The molecule has 1 aliphatic heterocycles. The van der Waals surface area contributed by atoms with Crippen molar-refractivity contribution in [2.45, 2.75) is 6.42 Å². The predicted octanol–water partition coefficient (Wildman–Crippen LogP) is 2.23. The number of aromatic amines is 1. The third kappa shape index (κ3) is 2.86. The van der Waals surface area contributed by atoms with Crippen molar-refractivity contribution in [2.24, 2.45) is 5.92 Å². The zero-order valence-electron chi connectivity index (χ0n) is 13.1. The number of H-pyrrole nitrogens is 1. The molecular weight excluding hydrogens is 302 g/mol. The van der Waals surface area contributed by atoms with Gasteiger partial charge in [-0.25, -0.2) is 9.97 Å². The van der Waals surface area contributed by atoms with Gasteiger partial charge in [0.25, 0.3) is 0 Å². The summed E-state index contributed by atoms with van der Waals surface area (Å²) in [5.41, 5.74) is 3.00. The van der Waals surface area contributed by atoms with Crippen LogP contribution in [-0.4, -0.2) is 44.7 Å². The molecule has 0 aliphatic carbocycles. The maximum Gasteiger partial charge on any atom is 0.223 e. The lowest BCUT2D eigenvalue weighted by Crippen LogP contribution is -2.19. The maximum atomic E-state index is 8.92. The lowest BCUT2D eigenvalue weighted by atomic mass is 10.1. The number of aromatic nitrogens is 4. The number of hydrogen-bond donors (Lipinski definition) is 2. The molecule has 2 aromatic heterocycles. The van der Waals surface area contributed by atoms with E-state index in [4.69, 9.17) is 5.26 Å². The minimum absolute atomic E-state index is 0.459. The van der Waals surface area contributed by atoms with Crippen molar-refractivity contribution in [3.05, 3.63) is 36.8 Å². The van der Waals surface area contributed by atoms with E-state index in [-0.39, 0.29) is 0 Å². The predicted molar refractivity (Wildman–Crippen MR) is 90.9 cm³/mol. The Hall–Kier alpha value is -3.14. The van der Waals surface area contributed by atoms with Crippen LogP contribution in [0.15, 0.2) is 36.8 Å². The van der Waals surface area contributed by atoms with Crippen molar-refractivity contribution < 1.29 is 0 Å². The second-order valence-corrected chi connectivity index (χ2v) is 6.04. The van der Waals surface area contributed by atoms with E-state index in [0.29, 0.717) is 11.9 Å². The molecule has 7 nitrogen and oxygen atoms in total. The Balaban J connectivity index is 1.51. The number of fused-ring (bicyclic) bond motifs is 1. The zero-order valence-corrected chi connectivity index (χ0v) is 13.1. The summed E-state index contributed by atoms with van der Waals surface area (Å²) in [7, 11) is 0. The Labute approximate surface area is 139 Å². The number of likely N-dealkylation sites (tertiary alicyclic amines) is 1. The van der Waals surface area contributed by atoms with Crippen LogP contribution in [0.25, 0.3) is 22.0 Å². The average molecular weight is 319 g/mol. The Bertz CT molecular complexity index is 882. The van der Waals surface area contributed by atoms with Gasteiger partial charge >= 0.3 is 0 Å². The number of nitriles is 1. The Morgan fingerprint density at radius 2 is 2.29 bits per heavy atom. The SMILES string of the molecule is N#CN1CCC(CNc2ncc3ccc(-c4cn[nH]c4)cc3n2)C1. The van der Waals surface area contributed by atoms with Gasteiger partial charge in [-0.1, -0.05) is 12.1 Å². The minimum Gasteiger partial charge on any atom is -0.354 e. The molecule has 4 rings (SSSR count). The average Bonchev–Trinajstić information content (AvgIpc) is 3.31. The number of rotatable bonds is 4. The van der Waals surface area contributed by atoms with E-state index in [1.54, 1.807) is 11.1 Å². The molecule has 1 aliphatic rings. The third-order valence-corrected chi connectivity index (χ3v) is 4.39. The summed E-state index contributed by atoms with van der Waals surface area (Å²) < 4.78 is 0. The number of nitrogens with zero attached hydrogens (tertiary/aromatic N) is 5. The van der Waals surface area contributed by atoms with Gasteiger partial charge in [0.15, 0.2) is 6.19 Å². The molecule has 1 atom stereocenters. The van der Waals surface area contributed by atoms with E-state index in [2.05, 4.69) is 31.7 Å². The Morgan fingerprint density at radius 3 is 3.08 bits per heavy atom. The molecule has 24 heavy (non-hydrogen) atoms. The van der Waals surface area contributed by atoms with Gasteiger partial charge in [-0.15, -0.1) is 0 Å². The van der Waals surface area contributed by atoms with E-state index in [9.17, 15) is 0 Å². The quantitative estimate of drug-likeness (QED) is 0.716. The molecule has 3 aromatic rings. The molecular formula is C17H17N7. The van der Waals surface area contributed by atoms with Gasteiger partial charge in [-0.05, 0) is 24.0 Å². The van der Waals surface area contributed by atoms with Gasteiger partial charge in [0, 0.05) is 43.0 Å². The summed E-state index contributed by atoms with van der Waals surface area (Å²) in [6, 6.07) is 6.10. The first-order valence-electron chi connectivity index (χ1n) is 7.96. The molecule has 120 valence electrons. The first-order valence-corrected chi connectivity index (χ1v) is 7.96. The van der Waals surface area contributed by atoms with Crippen molar-refractivity contribution in [2.75, 3.05) is 25.0 Å². The van der Waals surface area contributed by atoms with Crippen molar-refractivity contribution in [1.29, 1.82) is 5.26 Å². The van der Waals surface area contributed by atoms with Crippen LogP contribution in [0, 0.1) is 17.4 Å². The number of anilines is 1. The molecule has 1 fully saturated rings. The monoisotopic (exact) mass is 319 g/mol. The largest absolute Gasteiger partial charge is 0.354 e. The fourth-order valence-electron chi connectivity index (χ4n) is 3.02. The summed E-state index contributed by atoms with van der Waals surface area (Å²) in [4.78, 5) is 10.8. The molecule has 0 radical (unpaired) electrons. The topological polar surface area (TPSA) is 93.5 Å². The number of nitrogens with one attached hydrogen (secondary N) is 2. The highest BCUT2D eigenvalue weighted by Gasteiger charge is 2.21. The highest BCUT2D eigenvalue weighted by Crippen LogP contribution is 2.23. The van der Waals surface area contributed by atoms with Crippen LogP contribution in [0.5, 0.6) is 0 Å².